The second-order valence-electron chi connectivity index (χ2n) is 3.99. The van der Waals surface area contributed by atoms with Gasteiger partial charge in [-0.2, -0.15) is 0 Å². The Morgan fingerprint density at radius 1 is 1.20 bits per heavy atom. The van der Waals surface area contributed by atoms with Crippen LogP contribution in [0.5, 0.6) is 0 Å². The van der Waals surface area contributed by atoms with Gasteiger partial charge in [0.05, 0.1) is 0 Å². The van der Waals surface area contributed by atoms with Crippen LogP contribution in [0.3, 0.4) is 0 Å². The summed E-state index contributed by atoms with van der Waals surface area (Å²) in [6, 6.07) is 8.48. The highest BCUT2D eigenvalue weighted by Gasteiger charge is 2.19. The highest BCUT2D eigenvalue weighted by molar-refractivity contribution is 9.10. The molecule has 0 aliphatic rings. The van der Waals surface area contributed by atoms with Gasteiger partial charge < -0.3 is 5.73 Å². The molecule has 2 atom stereocenters. The summed E-state index contributed by atoms with van der Waals surface area (Å²) < 4.78 is 1.15. The minimum absolute atomic E-state index is 0.163. The molecule has 1 nitrogen and oxygen atoms in total. The van der Waals surface area contributed by atoms with Crippen LogP contribution in [0.25, 0.3) is 0 Å². The van der Waals surface area contributed by atoms with Crippen molar-refractivity contribution in [2.75, 3.05) is 0 Å². The second-order valence-corrected chi connectivity index (χ2v) is 6.56. The van der Waals surface area contributed by atoms with Gasteiger partial charge in [0, 0.05) is 15.8 Å². The monoisotopic (exact) mass is 287 g/mol. The minimum atomic E-state index is 0.163. The zero-order valence-electron chi connectivity index (χ0n) is 9.41. The maximum absolute atomic E-state index is 6.04. The summed E-state index contributed by atoms with van der Waals surface area (Å²) >= 11 is 5.51. The summed E-state index contributed by atoms with van der Waals surface area (Å²) in [6.45, 7) is 6.48. The summed E-state index contributed by atoms with van der Waals surface area (Å²) in [4.78, 5) is 0. The van der Waals surface area contributed by atoms with Crippen molar-refractivity contribution in [2.24, 2.45) is 5.73 Å². The summed E-state index contributed by atoms with van der Waals surface area (Å²) in [5.41, 5.74) is 7.34. The Balaban J connectivity index is 2.94. The zero-order valence-corrected chi connectivity index (χ0v) is 11.8. The Morgan fingerprint density at radius 2 is 1.80 bits per heavy atom. The van der Waals surface area contributed by atoms with Gasteiger partial charge in [0.15, 0.2) is 0 Å². The van der Waals surface area contributed by atoms with E-state index in [1.54, 1.807) is 0 Å². The Kier molecular flexibility index (Phi) is 5.16. The summed E-state index contributed by atoms with van der Waals surface area (Å²) in [5, 5.41) is 0.952. The predicted octanol–water partition coefficient (Wildman–Crippen LogP) is 3.98. The van der Waals surface area contributed by atoms with Crippen molar-refractivity contribution in [3.8, 4) is 0 Å². The Labute approximate surface area is 105 Å². The molecule has 2 N–H and O–H groups in total. The lowest BCUT2D eigenvalue weighted by molar-refractivity contribution is 0.716. The van der Waals surface area contributed by atoms with Gasteiger partial charge >= 0.3 is 0 Å². The molecule has 0 fully saturated rings. The zero-order chi connectivity index (χ0) is 11.4. The van der Waals surface area contributed by atoms with E-state index in [-0.39, 0.29) is 6.04 Å². The van der Waals surface area contributed by atoms with Crippen LogP contribution in [0.1, 0.15) is 31.6 Å². The SMILES string of the molecule is CC(C)SC(c1ccccc1Br)C(C)N. The van der Waals surface area contributed by atoms with Crippen molar-refractivity contribution in [1.29, 1.82) is 0 Å². The first-order valence-corrected chi connectivity index (χ1v) is 6.91. The van der Waals surface area contributed by atoms with Gasteiger partial charge in [-0.15, -0.1) is 11.8 Å². The highest BCUT2D eigenvalue weighted by Crippen LogP contribution is 2.37. The van der Waals surface area contributed by atoms with Gasteiger partial charge in [-0.3, -0.25) is 0 Å². The number of thioether (sulfide) groups is 1. The smallest absolute Gasteiger partial charge is 0.0459 e. The van der Waals surface area contributed by atoms with Crippen LogP contribution in [0.2, 0.25) is 0 Å². The molecule has 3 heteroatoms. The van der Waals surface area contributed by atoms with Gasteiger partial charge in [-0.1, -0.05) is 48.0 Å². The number of nitrogens with two attached hydrogens (primary N) is 1. The van der Waals surface area contributed by atoms with Gasteiger partial charge in [-0.05, 0) is 23.8 Å². The van der Waals surface area contributed by atoms with Crippen LogP contribution in [0.4, 0.5) is 0 Å². The molecule has 1 aromatic carbocycles. The van der Waals surface area contributed by atoms with E-state index in [1.165, 1.54) is 5.56 Å². The molecule has 1 aromatic rings. The lowest BCUT2D eigenvalue weighted by Gasteiger charge is -2.23. The normalized spacial score (nSPS) is 15.3. The molecule has 0 aliphatic carbocycles. The van der Waals surface area contributed by atoms with Gasteiger partial charge in [0.1, 0.15) is 0 Å². The fraction of sp³-hybridized carbons (Fsp3) is 0.500. The van der Waals surface area contributed by atoms with Crippen LogP contribution in [0.15, 0.2) is 28.7 Å². The minimum Gasteiger partial charge on any atom is -0.327 e. The topological polar surface area (TPSA) is 26.0 Å². The number of halogens is 1. The molecule has 0 amide bonds. The average Bonchev–Trinajstić information content (AvgIpc) is 2.15. The van der Waals surface area contributed by atoms with Crippen molar-refractivity contribution in [3.63, 3.8) is 0 Å². The molecule has 0 bridgehead atoms. The highest BCUT2D eigenvalue weighted by atomic mass is 79.9. The van der Waals surface area contributed by atoms with E-state index in [2.05, 4.69) is 54.9 Å². The number of hydrogen-bond donors (Lipinski definition) is 1. The van der Waals surface area contributed by atoms with Crippen molar-refractivity contribution in [2.45, 2.75) is 37.3 Å². The van der Waals surface area contributed by atoms with E-state index < -0.39 is 0 Å². The Hall–Kier alpha value is 0.01000. The van der Waals surface area contributed by atoms with Crippen molar-refractivity contribution >= 4 is 27.7 Å². The molecule has 0 aliphatic heterocycles. The van der Waals surface area contributed by atoms with Crippen LogP contribution in [0, 0.1) is 0 Å². The maximum atomic E-state index is 6.04. The third-order valence-corrected chi connectivity index (χ3v) is 4.35. The maximum Gasteiger partial charge on any atom is 0.0459 e. The third-order valence-electron chi connectivity index (χ3n) is 2.11. The molecule has 15 heavy (non-hydrogen) atoms. The van der Waals surface area contributed by atoms with E-state index >= 15 is 0 Å². The predicted molar refractivity (Wildman–Crippen MR) is 73.3 cm³/mol. The molecule has 2 unspecified atom stereocenters. The Bertz CT molecular complexity index is 312. The molecule has 0 aromatic heterocycles. The molecular weight excluding hydrogens is 270 g/mol. The summed E-state index contributed by atoms with van der Waals surface area (Å²) in [5.74, 6) is 0. The van der Waals surface area contributed by atoms with Crippen LogP contribution >= 0.6 is 27.7 Å². The molecule has 0 saturated carbocycles. The average molecular weight is 288 g/mol. The summed E-state index contributed by atoms with van der Waals surface area (Å²) in [6.07, 6.45) is 0. The quantitative estimate of drug-likeness (QED) is 0.907. The molecular formula is C12H18BrNS. The van der Waals surface area contributed by atoms with Crippen LogP contribution in [-0.2, 0) is 0 Å². The lowest BCUT2D eigenvalue weighted by Crippen LogP contribution is -2.24. The molecule has 84 valence electrons. The standard InChI is InChI=1S/C12H18BrNS/c1-8(2)15-12(9(3)14)10-6-4-5-7-11(10)13/h4-9,12H,14H2,1-3H3. The third kappa shape index (κ3) is 3.82. The largest absolute Gasteiger partial charge is 0.327 e. The molecule has 0 spiro atoms. The van der Waals surface area contributed by atoms with Gasteiger partial charge in [0.2, 0.25) is 0 Å². The fourth-order valence-electron chi connectivity index (χ4n) is 1.48. The summed E-state index contributed by atoms with van der Waals surface area (Å²) in [7, 11) is 0. The van der Waals surface area contributed by atoms with E-state index in [9.17, 15) is 0 Å². The number of rotatable bonds is 4. The van der Waals surface area contributed by atoms with Gasteiger partial charge in [-0.25, -0.2) is 0 Å². The first-order valence-electron chi connectivity index (χ1n) is 5.18. The molecule has 1 rings (SSSR count). The molecule has 0 radical (unpaired) electrons. The van der Waals surface area contributed by atoms with Crippen molar-refractivity contribution < 1.29 is 0 Å². The van der Waals surface area contributed by atoms with E-state index in [4.69, 9.17) is 5.73 Å². The lowest BCUT2D eigenvalue weighted by atomic mass is 10.1. The number of hydrogen-bond acceptors (Lipinski definition) is 2. The van der Waals surface area contributed by atoms with Crippen molar-refractivity contribution in [3.05, 3.63) is 34.3 Å². The van der Waals surface area contributed by atoms with E-state index in [0.29, 0.717) is 10.5 Å². The van der Waals surface area contributed by atoms with Crippen LogP contribution in [-0.4, -0.2) is 11.3 Å². The van der Waals surface area contributed by atoms with E-state index in [0.717, 1.165) is 4.47 Å². The molecule has 0 saturated heterocycles. The molecule has 0 heterocycles. The van der Waals surface area contributed by atoms with Gasteiger partial charge in [0.25, 0.3) is 0 Å². The van der Waals surface area contributed by atoms with E-state index in [1.807, 2.05) is 17.8 Å². The first-order chi connectivity index (χ1) is 7.02. The fourth-order valence-corrected chi connectivity index (χ4v) is 3.35. The number of benzene rings is 1. The van der Waals surface area contributed by atoms with Crippen LogP contribution < -0.4 is 5.73 Å². The second kappa shape index (κ2) is 5.92. The van der Waals surface area contributed by atoms with Crippen molar-refractivity contribution in [1.82, 2.24) is 0 Å². The first kappa shape index (κ1) is 13.1. The Morgan fingerprint density at radius 3 is 2.27 bits per heavy atom.